The van der Waals surface area contributed by atoms with Gasteiger partial charge in [0.1, 0.15) is 0 Å². The van der Waals surface area contributed by atoms with Gasteiger partial charge >= 0.3 is 0 Å². The first-order chi connectivity index (χ1) is 7.15. The molecular formula is C10H14N2O3. The minimum atomic E-state index is -0.412. The SMILES string of the molecule is CCONC(C)c1ccc([N+](=O)[O-])cc1. The quantitative estimate of drug-likeness (QED) is 0.597. The highest BCUT2D eigenvalue weighted by molar-refractivity contribution is 5.33. The van der Waals surface area contributed by atoms with Gasteiger partial charge in [-0.25, -0.2) is 0 Å². The number of nitrogens with one attached hydrogen (secondary N) is 1. The summed E-state index contributed by atoms with van der Waals surface area (Å²) in [5.74, 6) is 0. The van der Waals surface area contributed by atoms with Gasteiger partial charge in [0.25, 0.3) is 5.69 Å². The van der Waals surface area contributed by atoms with E-state index in [1.54, 1.807) is 12.1 Å². The molecule has 1 aromatic carbocycles. The van der Waals surface area contributed by atoms with Crippen molar-refractivity contribution in [2.24, 2.45) is 0 Å². The van der Waals surface area contributed by atoms with Gasteiger partial charge in [-0.3, -0.25) is 10.1 Å². The largest absolute Gasteiger partial charge is 0.302 e. The Morgan fingerprint density at radius 3 is 2.53 bits per heavy atom. The van der Waals surface area contributed by atoms with E-state index in [2.05, 4.69) is 5.48 Å². The maximum atomic E-state index is 10.4. The van der Waals surface area contributed by atoms with Gasteiger partial charge < -0.3 is 4.84 Å². The van der Waals surface area contributed by atoms with E-state index < -0.39 is 4.92 Å². The Morgan fingerprint density at radius 1 is 1.47 bits per heavy atom. The summed E-state index contributed by atoms with van der Waals surface area (Å²) in [6.45, 7) is 4.39. The Bertz CT molecular complexity index is 324. The number of nitro groups is 1. The number of benzene rings is 1. The van der Waals surface area contributed by atoms with Crippen LogP contribution in [0.4, 0.5) is 5.69 Å². The third kappa shape index (κ3) is 3.30. The van der Waals surface area contributed by atoms with Gasteiger partial charge in [-0.2, -0.15) is 5.48 Å². The zero-order valence-corrected chi connectivity index (χ0v) is 8.77. The van der Waals surface area contributed by atoms with E-state index >= 15 is 0 Å². The van der Waals surface area contributed by atoms with Gasteiger partial charge in [-0.1, -0.05) is 12.1 Å². The summed E-state index contributed by atoms with van der Waals surface area (Å²) in [5.41, 5.74) is 3.88. The molecule has 0 aromatic heterocycles. The molecular weight excluding hydrogens is 196 g/mol. The fourth-order valence-electron chi connectivity index (χ4n) is 1.16. The monoisotopic (exact) mass is 210 g/mol. The molecule has 1 unspecified atom stereocenters. The van der Waals surface area contributed by atoms with Crippen molar-refractivity contribution in [3.8, 4) is 0 Å². The molecule has 82 valence electrons. The van der Waals surface area contributed by atoms with Crippen LogP contribution in [0.3, 0.4) is 0 Å². The van der Waals surface area contributed by atoms with Gasteiger partial charge in [-0.05, 0) is 19.4 Å². The molecule has 1 atom stereocenters. The topological polar surface area (TPSA) is 64.4 Å². The smallest absolute Gasteiger partial charge is 0.269 e. The number of hydroxylamine groups is 1. The molecule has 0 aliphatic heterocycles. The molecule has 0 fully saturated rings. The zero-order valence-electron chi connectivity index (χ0n) is 8.77. The highest BCUT2D eigenvalue weighted by atomic mass is 16.6. The van der Waals surface area contributed by atoms with Crippen molar-refractivity contribution in [2.45, 2.75) is 19.9 Å². The van der Waals surface area contributed by atoms with Gasteiger partial charge in [0.2, 0.25) is 0 Å². The minimum Gasteiger partial charge on any atom is -0.302 e. The normalized spacial score (nSPS) is 12.4. The maximum absolute atomic E-state index is 10.4. The van der Waals surface area contributed by atoms with Crippen LogP contribution in [0.5, 0.6) is 0 Å². The van der Waals surface area contributed by atoms with E-state index in [-0.39, 0.29) is 11.7 Å². The summed E-state index contributed by atoms with van der Waals surface area (Å²) < 4.78 is 0. The summed E-state index contributed by atoms with van der Waals surface area (Å²) in [7, 11) is 0. The second kappa shape index (κ2) is 5.43. The first-order valence-corrected chi connectivity index (χ1v) is 4.76. The molecule has 0 heterocycles. The predicted molar refractivity (Wildman–Crippen MR) is 56.3 cm³/mol. The molecule has 1 aromatic rings. The van der Waals surface area contributed by atoms with Crippen LogP contribution in [-0.2, 0) is 4.84 Å². The van der Waals surface area contributed by atoms with Crippen molar-refractivity contribution >= 4 is 5.69 Å². The van der Waals surface area contributed by atoms with Crippen LogP contribution in [0.2, 0.25) is 0 Å². The van der Waals surface area contributed by atoms with E-state index in [9.17, 15) is 10.1 Å². The summed E-state index contributed by atoms with van der Waals surface area (Å²) in [4.78, 5) is 15.1. The summed E-state index contributed by atoms with van der Waals surface area (Å²) in [6, 6.07) is 6.42. The van der Waals surface area contributed by atoms with Crippen molar-refractivity contribution in [3.05, 3.63) is 39.9 Å². The summed E-state index contributed by atoms with van der Waals surface area (Å²) in [6.07, 6.45) is 0. The highest BCUT2D eigenvalue weighted by Crippen LogP contribution is 2.17. The fraction of sp³-hybridized carbons (Fsp3) is 0.400. The van der Waals surface area contributed by atoms with Crippen molar-refractivity contribution in [1.82, 2.24) is 5.48 Å². The van der Waals surface area contributed by atoms with Crippen LogP contribution in [0.1, 0.15) is 25.5 Å². The van der Waals surface area contributed by atoms with Crippen molar-refractivity contribution in [2.75, 3.05) is 6.61 Å². The van der Waals surface area contributed by atoms with Gasteiger partial charge in [-0.15, -0.1) is 0 Å². The van der Waals surface area contributed by atoms with Crippen molar-refractivity contribution < 1.29 is 9.76 Å². The molecule has 1 rings (SSSR count). The number of nitrogens with zero attached hydrogens (tertiary/aromatic N) is 1. The van der Waals surface area contributed by atoms with Crippen LogP contribution in [-0.4, -0.2) is 11.5 Å². The molecule has 0 aliphatic rings. The van der Waals surface area contributed by atoms with E-state index in [1.807, 2.05) is 13.8 Å². The second-order valence-corrected chi connectivity index (χ2v) is 3.12. The molecule has 0 saturated heterocycles. The number of non-ortho nitro benzene ring substituents is 1. The van der Waals surface area contributed by atoms with Crippen molar-refractivity contribution in [1.29, 1.82) is 0 Å². The standard InChI is InChI=1S/C10H14N2O3/c1-3-15-11-8(2)9-4-6-10(7-5-9)12(13)14/h4-8,11H,3H2,1-2H3. The number of rotatable bonds is 5. The Balaban J connectivity index is 2.66. The lowest BCUT2D eigenvalue weighted by Crippen LogP contribution is -2.18. The number of nitro benzene ring substituents is 1. The Hall–Kier alpha value is -1.46. The number of hydrogen-bond acceptors (Lipinski definition) is 4. The molecule has 0 amide bonds. The lowest BCUT2D eigenvalue weighted by Gasteiger charge is -2.12. The second-order valence-electron chi connectivity index (χ2n) is 3.12. The average Bonchev–Trinajstić information content (AvgIpc) is 2.26. The zero-order chi connectivity index (χ0) is 11.3. The summed E-state index contributed by atoms with van der Waals surface area (Å²) >= 11 is 0. The van der Waals surface area contributed by atoms with Gasteiger partial charge in [0.15, 0.2) is 0 Å². The predicted octanol–water partition coefficient (Wildman–Crippen LogP) is 2.20. The molecule has 5 heteroatoms. The van der Waals surface area contributed by atoms with Crippen LogP contribution >= 0.6 is 0 Å². The van der Waals surface area contributed by atoms with Crippen LogP contribution in [0.15, 0.2) is 24.3 Å². The molecule has 1 N–H and O–H groups in total. The van der Waals surface area contributed by atoms with Crippen LogP contribution in [0.25, 0.3) is 0 Å². The van der Waals surface area contributed by atoms with E-state index in [0.717, 1.165) is 5.56 Å². The van der Waals surface area contributed by atoms with E-state index in [0.29, 0.717) is 6.61 Å². The Labute approximate surface area is 88.2 Å². The van der Waals surface area contributed by atoms with Crippen LogP contribution in [0, 0.1) is 10.1 Å². The first-order valence-electron chi connectivity index (χ1n) is 4.76. The molecule has 0 spiro atoms. The molecule has 0 radical (unpaired) electrons. The van der Waals surface area contributed by atoms with E-state index in [1.165, 1.54) is 12.1 Å². The maximum Gasteiger partial charge on any atom is 0.269 e. The lowest BCUT2D eigenvalue weighted by molar-refractivity contribution is -0.384. The Morgan fingerprint density at radius 2 is 2.07 bits per heavy atom. The van der Waals surface area contributed by atoms with Gasteiger partial charge in [0.05, 0.1) is 17.6 Å². The first kappa shape index (κ1) is 11.6. The highest BCUT2D eigenvalue weighted by Gasteiger charge is 2.08. The summed E-state index contributed by atoms with van der Waals surface area (Å²) in [5, 5.41) is 10.4. The molecule has 0 aliphatic carbocycles. The molecule has 5 nitrogen and oxygen atoms in total. The molecule has 0 bridgehead atoms. The third-order valence-corrected chi connectivity index (χ3v) is 2.01. The Kier molecular flexibility index (Phi) is 4.20. The molecule has 15 heavy (non-hydrogen) atoms. The number of hydrogen-bond donors (Lipinski definition) is 1. The van der Waals surface area contributed by atoms with E-state index in [4.69, 9.17) is 4.84 Å². The molecule has 0 saturated carbocycles. The average molecular weight is 210 g/mol. The van der Waals surface area contributed by atoms with Gasteiger partial charge in [0, 0.05) is 12.1 Å². The lowest BCUT2D eigenvalue weighted by atomic mass is 10.1. The van der Waals surface area contributed by atoms with Crippen molar-refractivity contribution in [3.63, 3.8) is 0 Å². The fourth-order valence-corrected chi connectivity index (χ4v) is 1.16. The third-order valence-electron chi connectivity index (χ3n) is 2.01. The minimum absolute atomic E-state index is 0.0192. The van der Waals surface area contributed by atoms with Crippen LogP contribution < -0.4 is 5.48 Å².